The van der Waals surface area contributed by atoms with Gasteiger partial charge in [0.1, 0.15) is 28.9 Å². The summed E-state index contributed by atoms with van der Waals surface area (Å²) in [6.07, 6.45) is 7.95. The maximum absolute atomic E-state index is 15.2. The maximum Gasteiger partial charge on any atom is 0.268 e. The lowest BCUT2D eigenvalue weighted by atomic mass is 9.98. The first-order valence-corrected chi connectivity index (χ1v) is 13.4. The summed E-state index contributed by atoms with van der Waals surface area (Å²) in [4.78, 5) is 13.3. The number of hydrogen-bond donors (Lipinski definition) is 2. The molecule has 0 fully saturated rings. The molecule has 0 unspecified atom stereocenters. The van der Waals surface area contributed by atoms with E-state index in [1.54, 1.807) is 12.4 Å². The van der Waals surface area contributed by atoms with Gasteiger partial charge in [-0.25, -0.2) is 19.3 Å². The molecule has 6 heterocycles. The highest BCUT2D eigenvalue weighted by Crippen LogP contribution is 2.37. The van der Waals surface area contributed by atoms with E-state index in [1.165, 1.54) is 6.07 Å². The van der Waals surface area contributed by atoms with Crippen molar-refractivity contribution >= 4 is 39.3 Å². The third-order valence-electron chi connectivity index (χ3n) is 7.03. The second kappa shape index (κ2) is 8.56. The zero-order valence-corrected chi connectivity index (χ0v) is 20.8. The molecule has 4 aromatic heterocycles. The van der Waals surface area contributed by atoms with E-state index in [-0.39, 0.29) is 5.82 Å². The zero-order valence-electron chi connectivity index (χ0n) is 20.0. The van der Waals surface area contributed by atoms with Gasteiger partial charge in [-0.3, -0.25) is 4.68 Å². The highest BCUT2D eigenvalue weighted by Gasteiger charge is 2.27. The van der Waals surface area contributed by atoms with Gasteiger partial charge in [-0.05, 0) is 36.1 Å². The van der Waals surface area contributed by atoms with Crippen LogP contribution in [0, 0.1) is 12.7 Å². The van der Waals surface area contributed by atoms with Crippen LogP contribution in [0.25, 0.3) is 21.9 Å². The number of fused-ring (bicyclic) bond motifs is 4. The number of nitrogens with zero attached hydrogens (tertiary/aromatic N) is 6. The minimum absolute atomic E-state index is 0.354. The Bertz CT molecular complexity index is 1680. The number of imidazole rings is 1. The molecular formula is C26H23FN8OS. The fraction of sp³-hybridized carbons (Fsp3) is 0.231. The molecule has 5 aromatic rings. The molecule has 37 heavy (non-hydrogen) atoms. The molecule has 2 aliphatic rings. The molecule has 0 bridgehead atoms. The predicted octanol–water partition coefficient (Wildman–Crippen LogP) is 4.02. The summed E-state index contributed by atoms with van der Waals surface area (Å²) in [5.74, 6) is 2.49. The second-order valence-electron chi connectivity index (χ2n) is 9.29. The summed E-state index contributed by atoms with van der Waals surface area (Å²) in [6, 6.07) is 7.24. The van der Waals surface area contributed by atoms with Crippen LogP contribution in [0.1, 0.15) is 17.1 Å². The van der Waals surface area contributed by atoms with Crippen LogP contribution in [0.3, 0.4) is 0 Å². The predicted molar refractivity (Wildman–Crippen MR) is 140 cm³/mol. The number of aromatic nitrogens is 6. The van der Waals surface area contributed by atoms with Crippen LogP contribution in [0.2, 0.25) is 0 Å². The molecule has 0 saturated carbocycles. The number of pyridine rings is 2. The first kappa shape index (κ1) is 22.3. The summed E-state index contributed by atoms with van der Waals surface area (Å²) in [7, 11) is 0. The maximum atomic E-state index is 15.2. The van der Waals surface area contributed by atoms with Gasteiger partial charge in [-0.2, -0.15) is 5.10 Å². The van der Waals surface area contributed by atoms with Crippen molar-refractivity contribution in [2.75, 3.05) is 22.9 Å². The number of aryl methyl sites for hydroxylation is 2. The van der Waals surface area contributed by atoms with Crippen molar-refractivity contribution in [1.29, 1.82) is 0 Å². The number of anilines is 3. The lowest BCUT2D eigenvalue weighted by Crippen LogP contribution is -2.25. The molecule has 9 nitrogen and oxygen atoms in total. The Labute approximate surface area is 215 Å². The summed E-state index contributed by atoms with van der Waals surface area (Å²) >= 11 is -1.14. The lowest BCUT2D eigenvalue weighted by Gasteiger charge is -2.22. The average molecular weight is 515 g/mol. The van der Waals surface area contributed by atoms with Crippen molar-refractivity contribution in [3.63, 3.8) is 0 Å². The Morgan fingerprint density at radius 3 is 2.89 bits per heavy atom. The molecule has 2 aliphatic heterocycles. The molecule has 0 amide bonds. The van der Waals surface area contributed by atoms with Gasteiger partial charge in [0.25, 0.3) is 5.03 Å². The van der Waals surface area contributed by atoms with Crippen LogP contribution in [0.4, 0.5) is 21.7 Å². The molecule has 0 saturated heterocycles. The molecule has 1 aromatic carbocycles. The van der Waals surface area contributed by atoms with E-state index >= 15 is 4.39 Å². The number of rotatable bonds is 3. The van der Waals surface area contributed by atoms with E-state index in [0.29, 0.717) is 52.0 Å². The van der Waals surface area contributed by atoms with E-state index in [9.17, 15) is 4.55 Å². The average Bonchev–Trinajstić information content (AvgIpc) is 3.46. The van der Waals surface area contributed by atoms with E-state index in [0.717, 1.165) is 41.1 Å². The van der Waals surface area contributed by atoms with E-state index < -0.39 is 11.2 Å². The fourth-order valence-electron chi connectivity index (χ4n) is 5.09. The largest absolute Gasteiger partial charge is 0.610 e. The van der Waals surface area contributed by atoms with Gasteiger partial charge in [0.2, 0.25) is 0 Å². The normalized spacial score (nSPS) is 16.5. The lowest BCUT2D eigenvalue weighted by molar-refractivity contribution is 0.589. The summed E-state index contributed by atoms with van der Waals surface area (Å²) in [5.41, 5.74) is 3.82. The number of benzene rings is 1. The third kappa shape index (κ3) is 3.82. The Kier molecular flexibility index (Phi) is 5.15. The monoisotopic (exact) mass is 514 g/mol. The van der Waals surface area contributed by atoms with Crippen LogP contribution >= 0.6 is 0 Å². The molecule has 0 aliphatic carbocycles. The van der Waals surface area contributed by atoms with E-state index in [1.807, 2.05) is 42.2 Å². The molecule has 0 radical (unpaired) electrons. The second-order valence-corrected chi connectivity index (χ2v) is 10.8. The quantitative estimate of drug-likeness (QED) is 0.350. The summed E-state index contributed by atoms with van der Waals surface area (Å²) < 4.78 is 31.7. The smallest absolute Gasteiger partial charge is 0.268 e. The number of halogens is 1. The van der Waals surface area contributed by atoms with Crippen molar-refractivity contribution in [2.24, 2.45) is 0 Å². The summed E-state index contributed by atoms with van der Waals surface area (Å²) in [6.45, 7) is 4.00. The molecule has 1 atom stereocenters. The van der Waals surface area contributed by atoms with Crippen molar-refractivity contribution < 1.29 is 8.94 Å². The van der Waals surface area contributed by atoms with Crippen molar-refractivity contribution in [3.8, 4) is 11.1 Å². The Morgan fingerprint density at radius 2 is 1.97 bits per heavy atom. The standard InChI is InChI=1S/C26H23FN8OS/c1-15-20(13-31-26-25(15)29-4-7-37(26)36)19-8-16-10-22(30-12-17(16)9-21(19)27)32-23-11-18-2-5-34-6-3-28-24(34)14-35(18)33-23/h3,6,8-13,29H,2,4-5,7,14H2,1H3,(H,30,32,33)/t37-/m1/s1. The molecule has 0 spiro atoms. The van der Waals surface area contributed by atoms with Gasteiger partial charge in [0.15, 0.2) is 5.82 Å². The van der Waals surface area contributed by atoms with Crippen LogP contribution in [0.15, 0.2) is 54.1 Å². The van der Waals surface area contributed by atoms with Gasteiger partial charge in [0, 0.05) is 77.2 Å². The molecule has 186 valence electrons. The molecule has 7 rings (SSSR count). The van der Waals surface area contributed by atoms with Crippen LogP contribution < -0.4 is 10.6 Å². The minimum Gasteiger partial charge on any atom is -0.610 e. The molecule has 11 heteroatoms. The Balaban J connectivity index is 1.22. The van der Waals surface area contributed by atoms with Crippen molar-refractivity contribution in [1.82, 2.24) is 29.3 Å². The van der Waals surface area contributed by atoms with Crippen LogP contribution in [-0.2, 0) is 30.7 Å². The first-order valence-electron chi connectivity index (χ1n) is 12.1. The first-order chi connectivity index (χ1) is 18.0. The van der Waals surface area contributed by atoms with Crippen molar-refractivity contribution in [2.45, 2.75) is 31.5 Å². The summed E-state index contributed by atoms with van der Waals surface area (Å²) in [5, 5.41) is 13.4. The molecule has 2 N–H and O–H groups in total. The highest BCUT2D eigenvalue weighted by molar-refractivity contribution is 7.91. The van der Waals surface area contributed by atoms with Gasteiger partial charge in [0.05, 0.1) is 13.1 Å². The zero-order chi connectivity index (χ0) is 25.1. The third-order valence-corrected chi connectivity index (χ3v) is 8.34. The Morgan fingerprint density at radius 1 is 1.05 bits per heavy atom. The topological polar surface area (TPSA) is 109 Å². The fourth-order valence-corrected chi connectivity index (χ4v) is 6.19. The number of hydrogen-bond acceptors (Lipinski definition) is 7. The SMILES string of the molecule is Cc1c(-c2cc3cc(Nc4cc5n(n4)Cc4nccn4CC5)ncc3cc2F)cnc2c1NCC[S@@+]2[O-]. The van der Waals surface area contributed by atoms with Crippen molar-refractivity contribution in [3.05, 3.63) is 72.0 Å². The van der Waals surface area contributed by atoms with E-state index in [4.69, 9.17) is 5.10 Å². The van der Waals surface area contributed by atoms with Gasteiger partial charge >= 0.3 is 0 Å². The number of nitrogens with one attached hydrogen (secondary N) is 2. The molecular weight excluding hydrogens is 491 g/mol. The highest BCUT2D eigenvalue weighted by atomic mass is 32.2. The van der Waals surface area contributed by atoms with E-state index in [2.05, 4.69) is 30.2 Å². The van der Waals surface area contributed by atoms with Gasteiger partial charge in [-0.15, -0.1) is 0 Å². The van der Waals surface area contributed by atoms with Gasteiger partial charge in [-0.1, -0.05) is 0 Å². The van der Waals surface area contributed by atoms with Crippen LogP contribution in [0.5, 0.6) is 0 Å². The van der Waals surface area contributed by atoms with Crippen LogP contribution in [-0.4, -0.2) is 46.1 Å². The Hall–Kier alpha value is -3.96. The van der Waals surface area contributed by atoms with Gasteiger partial charge < -0.3 is 19.8 Å². The minimum atomic E-state index is -1.14.